The van der Waals surface area contributed by atoms with Crippen LogP contribution in [-0.4, -0.2) is 12.0 Å². The summed E-state index contributed by atoms with van der Waals surface area (Å²) in [7, 11) is 0. The Morgan fingerprint density at radius 3 is 2.41 bits per heavy atom. The largest absolute Gasteiger partial charge is 0.461 e. The van der Waals surface area contributed by atoms with E-state index in [4.69, 9.17) is 22.1 Å². The summed E-state index contributed by atoms with van der Waals surface area (Å²) < 4.78 is 43.0. The monoisotopic (exact) mass is 333 g/mol. The van der Waals surface area contributed by atoms with Crippen LogP contribution in [0.4, 0.5) is 13.2 Å². The van der Waals surface area contributed by atoms with Gasteiger partial charge in [-0.25, -0.2) is 0 Å². The maximum atomic E-state index is 12.6. The van der Waals surface area contributed by atoms with E-state index >= 15 is 0 Å². The van der Waals surface area contributed by atoms with Gasteiger partial charge in [-0.3, -0.25) is 4.79 Å². The molecule has 1 rings (SSSR count). The van der Waals surface area contributed by atoms with Crippen molar-refractivity contribution >= 4 is 17.4 Å². The molecule has 0 aromatic rings. The highest BCUT2D eigenvalue weighted by Gasteiger charge is 2.35. The van der Waals surface area contributed by atoms with Gasteiger partial charge in [0.05, 0.1) is 5.03 Å². The van der Waals surface area contributed by atoms with Crippen LogP contribution >= 0.6 is 11.6 Å². The van der Waals surface area contributed by atoms with E-state index in [1.165, 1.54) is 13.0 Å². The Hall–Kier alpha value is -1.95. The van der Waals surface area contributed by atoms with E-state index in [2.05, 4.69) is 13.2 Å². The van der Waals surface area contributed by atoms with Gasteiger partial charge in [0.25, 0.3) is 0 Å². The van der Waals surface area contributed by atoms with Crippen molar-refractivity contribution in [1.82, 2.24) is 0 Å². The topological polar surface area (TPSA) is 52.3 Å². The van der Waals surface area contributed by atoms with Crippen LogP contribution in [0.3, 0.4) is 0 Å². The number of ketones is 1. The molecule has 120 valence electrons. The fourth-order valence-corrected chi connectivity index (χ4v) is 2.03. The number of rotatable bonds is 5. The first-order chi connectivity index (χ1) is 10.0. The van der Waals surface area contributed by atoms with Gasteiger partial charge in [-0.1, -0.05) is 24.8 Å². The molecule has 0 spiro atoms. The summed E-state index contributed by atoms with van der Waals surface area (Å²) in [6.45, 7) is 8.31. The van der Waals surface area contributed by atoms with Crippen LogP contribution in [0, 0.1) is 0 Å². The first-order valence-electron chi connectivity index (χ1n) is 6.23. The van der Waals surface area contributed by atoms with Crippen LogP contribution in [0.5, 0.6) is 0 Å². The number of nitrogens with two attached hydrogens (primary N) is 1. The standard InChI is InChI=1S/C15H15ClF3NO2/c1-8(6-12(9(2)20)10(3)21)22-14-5-4-11(7-13(14)16)15(17,18)19/h6-7H,1-2,4-5,20H2,3H3/b12-6+. The lowest BCUT2D eigenvalue weighted by Gasteiger charge is -2.19. The average Bonchev–Trinajstić information content (AvgIpc) is 2.36. The summed E-state index contributed by atoms with van der Waals surface area (Å²) in [5.74, 6) is -0.143. The van der Waals surface area contributed by atoms with Gasteiger partial charge in [0.2, 0.25) is 0 Å². The molecule has 7 heteroatoms. The molecule has 0 heterocycles. The van der Waals surface area contributed by atoms with Gasteiger partial charge in [0.15, 0.2) is 5.78 Å². The summed E-state index contributed by atoms with van der Waals surface area (Å²) in [5, 5.41) is -0.149. The zero-order valence-corrected chi connectivity index (χ0v) is 12.6. The minimum atomic E-state index is -4.42. The molecule has 0 saturated heterocycles. The molecule has 2 N–H and O–H groups in total. The average molecular weight is 334 g/mol. The van der Waals surface area contributed by atoms with Crippen molar-refractivity contribution < 1.29 is 22.7 Å². The minimum absolute atomic E-state index is 0.0178. The number of alkyl halides is 3. The van der Waals surface area contributed by atoms with Gasteiger partial charge >= 0.3 is 6.18 Å². The number of Topliss-reactive ketones (excluding diaryl/α,β-unsaturated/α-hetero) is 1. The summed E-state index contributed by atoms with van der Waals surface area (Å²) in [6, 6.07) is 0. The molecule has 0 aliphatic heterocycles. The van der Waals surface area contributed by atoms with Crippen molar-refractivity contribution in [2.45, 2.75) is 25.9 Å². The predicted molar refractivity (Wildman–Crippen MR) is 78.6 cm³/mol. The van der Waals surface area contributed by atoms with E-state index in [0.717, 1.165) is 6.08 Å². The smallest absolute Gasteiger partial charge is 0.412 e. The van der Waals surface area contributed by atoms with Crippen LogP contribution in [0.15, 0.2) is 58.7 Å². The Bertz CT molecular complexity index is 597. The molecule has 0 amide bonds. The second-order valence-electron chi connectivity index (χ2n) is 4.65. The van der Waals surface area contributed by atoms with E-state index in [1.54, 1.807) is 0 Å². The fraction of sp³-hybridized carbons (Fsp3) is 0.267. The van der Waals surface area contributed by atoms with E-state index in [9.17, 15) is 18.0 Å². The van der Waals surface area contributed by atoms with Gasteiger partial charge in [-0.15, -0.1) is 0 Å². The van der Waals surface area contributed by atoms with Gasteiger partial charge in [-0.05, 0) is 25.5 Å². The van der Waals surface area contributed by atoms with Gasteiger partial charge in [-0.2, -0.15) is 13.2 Å². The SMILES string of the molecule is C=C(/C=C(\C(=C)N)C(C)=O)OC1=C(Cl)C=C(C(F)(F)F)CC1. The molecule has 0 atom stereocenters. The zero-order valence-electron chi connectivity index (χ0n) is 11.9. The van der Waals surface area contributed by atoms with Crippen molar-refractivity contribution in [3.8, 4) is 0 Å². The number of carbonyl (C=O) groups is 1. The molecule has 0 fully saturated rings. The van der Waals surface area contributed by atoms with Crippen molar-refractivity contribution in [1.29, 1.82) is 0 Å². The highest BCUT2D eigenvalue weighted by molar-refractivity contribution is 6.31. The third kappa shape index (κ3) is 4.80. The highest BCUT2D eigenvalue weighted by atomic mass is 35.5. The maximum Gasteiger partial charge on any atom is 0.412 e. The summed E-state index contributed by atoms with van der Waals surface area (Å²) >= 11 is 5.80. The number of carbonyl (C=O) groups excluding carboxylic acids is 1. The van der Waals surface area contributed by atoms with Crippen LogP contribution < -0.4 is 5.73 Å². The third-order valence-electron chi connectivity index (χ3n) is 2.84. The fourth-order valence-electron chi connectivity index (χ4n) is 1.77. The van der Waals surface area contributed by atoms with Crippen LogP contribution in [0.25, 0.3) is 0 Å². The van der Waals surface area contributed by atoms with E-state index in [0.29, 0.717) is 0 Å². The molecule has 1 aliphatic rings. The van der Waals surface area contributed by atoms with E-state index in [-0.39, 0.29) is 46.4 Å². The van der Waals surface area contributed by atoms with Crippen molar-refractivity contribution in [2.75, 3.05) is 0 Å². The highest BCUT2D eigenvalue weighted by Crippen LogP contribution is 2.37. The predicted octanol–water partition coefficient (Wildman–Crippen LogP) is 4.24. The van der Waals surface area contributed by atoms with Crippen LogP contribution in [0.1, 0.15) is 19.8 Å². The number of halogens is 4. The Balaban J connectivity index is 2.94. The minimum Gasteiger partial charge on any atom is -0.461 e. The summed E-state index contributed by atoms with van der Waals surface area (Å²) in [5.41, 5.74) is 4.90. The lowest BCUT2D eigenvalue weighted by Crippen LogP contribution is -2.15. The molecule has 3 nitrogen and oxygen atoms in total. The molecule has 0 unspecified atom stereocenters. The molecule has 1 aliphatic carbocycles. The molecule has 22 heavy (non-hydrogen) atoms. The lowest BCUT2D eigenvalue weighted by molar-refractivity contribution is -0.113. The quantitative estimate of drug-likeness (QED) is 0.465. The number of hydrogen-bond donors (Lipinski definition) is 1. The second-order valence-corrected chi connectivity index (χ2v) is 5.05. The number of hydrogen-bond acceptors (Lipinski definition) is 3. The second kappa shape index (κ2) is 6.87. The van der Waals surface area contributed by atoms with E-state index < -0.39 is 11.7 Å². The Kier molecular flexibility index (Phi) is 5.65. The molecule has 0 aromatic carbocycles. The normalized spacial score (nSPS) is 16.2. The molecule has 0 bridgehead atoms. The maximum absolute atomic E-state index is 12.6. The Morgan fingerprint density at radius 1 is 1.41 bits per heavy atom. The van der Waals surface area contributed by atoms with Gasteiger partial charge in [0.1, 0.15) is 11.5 Å². The number of ether oxygens (including phenoxy) is 1. The zero-order chi connectivity index (χ0) is 17.1. The molecular formula is C15H15ClF3NO2. The Labute approximate surface area is 131 Å². The van der Waals surface area contributed by atoms with Gasteiger partial charge < -0.3 is 10.5 Å². The van der Waals surface area contributed by atoms with Crippen LogP contribution in [-0.2, 0) is 9.53 Å². The van der Waals surface area contributed by atoms with E-state index in [1.807, 2.05) is 0 Å². The van der Waals surface area contributed by atoms with Crippen molar-refractivity contribution in [2.24, 2.45) is 5.73 Å². The first kappa shape index (κ1) is 18.1. The molecule has 0 saturated carbocycles. The van der Waals surface area contributed by atoms with Crippen LogP contribution in [0.2, 0.25) is 0 Å². The summed E-state index contributed by atoms with van der Waals surface area (Å²) in [6.07, 6.45) is -2.58. The Morgan fingerprint density at radius 2 is 2.00 bits per heavy atom. The van der Waals surface area contributed by atoms with Gasteiger partial charge in [0, 0.05) is 23.3 Å². The van der Waals surface area contributed by atoms with Crippen molar-refractivity contribution in [3.05, 3.63) is 58.7 Å². The lowest BCUT2D eigenvalue weighted by atomic mass is 10.0. The molecule has 0 aromatic heterocycles. The molecule has 0 radical (unpaired) electrons. The molecular weight excluding hydrogens is 319 g/mol. The first-order valence-corrected chi connectivity index (χ1v) is 6.60. The number of allylic oxidation sites excluding steroid dienone is 6. The third-order valence-corrected chi connectivity index (χ3v) is 3.16. The summed E-state index contributed by atoms with van der Waals surface area (Å²) in [4.78, 5) is 11.4. The van der Waals surface area contributed by atoms with Crippen molar-refractivity contribution in [3.63, 3.8) is 0 Å².